The number of rotatable bonds is 1. The Labute approximate surface area is 98.6 Å². The minimum atomic E-state index is 0.704. The number of aromatic nitrogens is 2. The van der Waals surface area contributed by atoms with E-state index in [2.05, 4.69) is 20.2 Å². The Morgan fingerprint density at radius 3 is 2.81 bits per heavy atom. The van der Waals surface area contributed by atoms with E-state index in [-0.39, 0.29) is 0 Å². The summed E-state index contributed by atoms with van der Waals surface area (Å²) in [4.78, 5) is 10.1. The van der Waals surface area contributed by atoms with Gasteiger partial charge in [0.2, 0.25) is 5.95 Å². The van der Waals surface area contributed by atoms with E-state index in [4.69, 9.17) is 11.6 Å². The number of nitrogens with zero attached hydrogens (tertiary/aromatic N) is 2. The van der Waals surface area contributed by atoms with Crippen molar-refractivity contribution < 1.29 is 0 Å². The zero-order valence-electron chi connectivity index (χ0n) is 8.83. The summed E-state index contributed by atoms with van der Waals surface area (Å²) in [7, 11) is 0. The number of piperazine rings is 1. The smallest absolute Gasteiger partial charge is 0.203 e. The molecule has 16 heavy (non-hydrogen) atoms. The fraction of sp³-hybridized carbons (Fsp3) is 0.364. The van der Waals surface area contributed by atoms with E-state index >= 15 is 0 Å². The van der Waals surface area contributed by atoms with Gasteiger partial charge in [-0.1, -0.05) is 17.7 Å². The zero-order valence-corrected chi connectivity index (χ0v) is 9.59. The number of fused-ring (bicyclic) bond motifs is 1. The SMILES string of the molecule is Clc1cccc2[nH]c(N3CCNCC3)nc12. The summed E-state index contributed by atoms with van der Waals surface area (Å²) in [5.41, 5.74) is 1.86. The van der Waals surface area contributed by atoms with E-state index in [0.29, 0.717) is 5.02 Å². The number of nitrogens with one attached hydrogen (secondary N) is 2. The molecule has 2 heterocycles. The highest BCUT2D eigenvalue weighted by molar-refractivity contribution is 6.34. The molecule has 2 aromatic rings. The van der Waals surface area contributed by atoms with Gasteiger partial charge in [0.25, 0.3) is 0 Å². The average molecular weight is 237 g/mol. The molecule has 1 saturated heterocycles. The summed E-state index contributed by atoms with van der Waals surface area (Å²) in [5.74, 6) is 0.921. The van der Waals surface area contributed by atoms with Crippen LogP contribution in [0.25, 0.3) is 11.0 Å². The Hall–Kier alpha value is -1.26. The van der Waals surface area contributed by atoms with Gasteiger partial charge in [0.1, 0.15) is 5.52 Å². The third-order valence-electron chi connectivity index (χ3n) is 2.87. The zero-order chi connectivity index (χ0) is 11.0. The van der Waals surface area contributed by atoms with Crippen LogP contribution in [-0.4, -0.2) is 36.1 Å². The molecule has 0 unspecified atom stereocenters. The molecule has 1 aromatic carbocycles. The van der Waals surface area contributed by atoms with E-state index in [1.54, 1.807) is 0 Å². The number of para-hydroxylation sites is 1. The van der Waals surface area contributed by atoms with Gasteiger partial charge in [0.05, 0.1) is 10.5 Å². The van der Waals surface area contributed by atoms with E-state index in [9.17, 15) is 0 Å². The molecule has 0 radical (unpaired) electrons. The van der Waals surface area contributed by atoms with Crippen LogP contribution in [0.4, 0.5) is 5.95 Å². The van der Waals surface area contributed by atoms with Gasteiger partial charge in [-0.05, 0) is 12.1 Å². The Balaban J connectivity index is 2.01. The van der Waals surface area contributed by atoms with Gasteiger partial charge in [0, 0.05) is 26.2 Å². The van der Waals surface area contributed by atoms with Crippen LogP contribution in [0.15, 0.2) is 18.2 Å². The fourth-order valence-corrected chi connectivity index (χ4v) is 2.23. The maximum atomic E-state index is 6.10. The van der Waals surface area contributed by atoms with E-state index in [0.717, 1.165) is 43.2 Å². The molecule has 5 heteroatoms. The number of benzene rings is 1. The summed E-state index contributed by atoms with van der Waals surface area (Å²) in [6.07, 6.45) is 0. The first-order valence-corrected chi connectivity index (χ1v) is 5.82. The summed E-state index contributed by atoms with van der Waals surface area (Å²) < 4.78 is 0. The first kappa shape index (κ1) is 9.93. The Bertz CT molecular complexity index is 502. The molecule has 4 nitrogen and oxygen atoms in total. The Kier molecular flexibility index (Phi) is 2.46. The van der Waals surface area contributed by atoms with Gasteiger partial charge in [-0.25, -0.2) is 4.98 Å². The molecule has 0 bridgehead atoms. The number of imidazole rings is 1. The lowest BCUT2D eigenvalue weighted by molar-refractivity contribution is 0.582. The van der Waals surface area contributed by atoms with Gasteiger partial charge in [0.15, 0.2) is 0 Å². The number of halogens is 1. The lowest BCUT2D eigenvalue weighted by atomic mass is 10.3. The molecule has 1 fully saturated rings. The summed E-state index contributed by atoms with van der Waals surface area (Å²) in [6.45, 7) is 3.98. The van der Waals surface area contributed by atoms with Crippen LogP contribution >= 0.6 is 11.6 Å². The van der Waals surface area contributed by atoms with Gasteiger partial charge >= 0.3 is 0 Å². The normalized spacial score (nSPS) is 16.9. The fourth-order valence-electron chi connectivity index (χ4n) is 2.01. The Morgan fingerprint density at radius 2 is 2.06 bits per heavy atom. The molecule has 0 saturated carbocycles. The van der Waals surface area contributed by atoms with Gasteiger partial charge < -0.3 is 15.2 Å². The molecule has 1 aromatic heterocycles. The topological polar surface area (TPSA) is 44.0 Å². The van der Waals surface area contributed by atoms with E-state index in [1.807, 2.05) is 18.2 Å². The highest BCUT2D eigenvalue weighted by Crippen LogP contribution is 2.24. The van der Waals surface area contributed by atoms with Crippen molar-refractivity contribution in [2.75, 3.05) is 31.1 Å². The van der Waals surface area contributed by atoms with Crippen LogP contribution in [0.3, 0.4) is 0 Å². The second-order valence-corrected chi connectivity index (χ2v) is 4.34. The van der Waals surface area contributed by atoms with Crippen LogP contribution in [0, 0.1) is 0 Å². The third-order valence-corrected chi connectivity index (χ3v) is 3.17. The standard InChI is InChI=1S/C11H13ClN4/c12-8-2-1-3-9-10(8)15-11(14-9)16-6-4-13-5-7-16/h1-3,13H,4-7H2,(H,14,15). The second kappa shape index (κ2) is 3.96. The molecule has 1 aliphatic rings. The maximum Gasteiger partial charge on any atom is 0.203 e. The molecule has 1 aliphatic heterocycles. The predicted molar refractivity (Wildman–Crippen MR) is 66.2 cm³/mol. The van der Waals surface area contributed by atoms with Crippen molar-refractivity contribution in [3.05, 3.63) is 23.2 Å². The minimum Gasteiger partial charge on any atom is -0.340 e. The quantitative estimate of drug-likeness (QED) is 0.791. The van der Waals surface area contributed by atoms with Gasteiger partial charge in [-0.3, -0.25) is 0 Å². The van der Waals surface area contributed by atoms with Crippen molar-refractivity contribution >= 4 is 28.6 Å². The molecule has 3 rings (SSSR count). The average Bonchev–Trinajstić information content (AvgIpc) is 2.76. The third kappa shape index (κ3) is 1.64. The predicted octanol–water partition coefficient (Wildman–Crippen LogP) is 1.63. The van der Waals surface area contributed by atoms with Crippen LogP contribution in [0.5, 0.6) is 0 Å². The van der Waals surface area contributed by atoms with Crippen molar-refractivity contribution in [2.45, 2.75) is 0 Å². The largest absolute Gasteiger partial charge is 0.340 e. The number of H-pyrrole nitrogens is 1. The number of hydrogen-bond acceptors (Lipinski definition) is 3. The molecular weight excluding hydrogens is 224 g/mol. The van der Waals surface area contributed by atoms with Gasteiger partial charge in [-0.15, -0.1) is 0 Å². The number of anilines is 1. The molecule has 0 amide bonds. The number of aromatic amines is 1. The van der Waals surface area contributed by atoms with Crippen molar-refractivity contribution in [3.8, 4) is 0 Å². The highest BCUT2D eigenvalue weighted by Gasteiger charge is 2.14. The highest BCUT2D eigenvalue weighted by atomic mass is 35.5. The van der Waals surface area contributed by atoms with Crippen LogP contribution in [0.2, 0.25) is 5.02 Å². The van der Waals surface area contributed by atoms with Crippen LogP contribution in [0.1, 0.15) is 0 Å². The molecule has 2 N–H and O–H groups in total. The first-order valence-electron chi connectivity index (χ1n) is 5.44. The maximum absolute atomic E-state index is 6.10. The van der Waals surface area contributed by atoms with E-state index in [1.165, 1.54) is 0 Å². The molecule has 0 aliphatic carbocycles. The summed E-state index contributed by atoms with van der Waals surface area (Å²) in [5, 5.41) is 4.02. The van der Waals surface area contributed by atoms with Gasteiger partial charge in [-0.2, -0.15) is 0 Å². The molecular formula is C11H13ClN4. The van der Waals surface area contributed by atoms with Crippen LogP contribution in [-0.2, 0) is 0 Å². The van der Waals surface area contributed by atoms with Crippen LogP contribution < -0.4 is 10.2 Å². The lowest BCUT2D eigenvalue weighted by Gasteiger charge is -2.26. The monoisotopic (exact) mass is 236 g/mol. The van der Waals surface area contributed by atoms with Crippen molar-refractivity contribution in [3.63, 3.8) is 0 Å². The van der Waals surface area contributed by atoms with Crippen molar-refractivity contribution in [1.29, 1.82) is 0 Å². The molecule has 84 valence electrons. The van der Waals surface area contributed by atoms with Crippen molar-refractivity contribution in [1.82, 2.24) is 15.3 Å². The molecule has 0 atom stereocenters. The Morgan fingerprint density at radius 1 is 1.25 bits per heavy atom. The number of hydrogen-bond donors (Lipinski definition) is 2. The second-order valence-electron chi connectivity index (χ2n) is 3.93. The summed E-state index contributed by atoms with van der Waals surface area (Å²) in [6, 6.07) is 5.80. The summed E-state index contributed by atoms with van der Waals surface area (Å²) >= 11 is 6.10. The minimum absolute atomic E-state index is 0.704. The lowest BCUT2D eigenvalue weighted by Crippen LogP contribution is -2.44. The molecule has 0 spiro atoms. The van der Waals surface area contributed by atoms with E-state index < -0.39 is 0 Å². The first-order chi connectivity index (χ1) is 7.84. The van der Waals surface area contributed by atoms with Crippen molar-refractivity contribution in [2.24, 2.45) is 0 Å².